The molecule has 3 heteroatoms. The third-order valence-electron chi connectivity index (χ3n) is 5.16. The van der Waals surface area contributed by atoms with Crippen LogP contribution in [-0.4, -0.2) is 18.6 Å². The van der Waals surface area contributed by atoms with Crippen LogP contribution in [0.1, 0.15) is 64.2 Å². The molecule has 0 spiro atoms. The first-order valence-corrected chi connectivity index (χ1v) is 11.6. The van der Waals surface area contributed by atoms with Gasteiger partial charge in [0.25, 0.3) is 0 Å². The van der Waals surface area contributed by atoms with Crippen molar-refractivity contribution >= 4 is 11.8 Å². The highest BCUT2D eigenvalue weighted by molar-refractivity contribution is 7.99. The Kier molecular flexibility index (Phi) is 8.66. The highest BCUT2D eigenvalue weighted by Crippen LogP contribution is 2.41. The van der Waals surface area contributed by atoms with E-state index in [1.165, 1.54) is 21.6 Å². The number of ether oxygens (including phenoxy) is 2. The van der Waals surface area contributed by atoms with Crippen molar-refractivity contribution in [1.82, 2.24) is 0 Å². The van der Waals surface area contributed by atoms with Gasteiger partial charge >= 0.3 is 0 Å². The predicted octanol–water partition coefficient (Wildman–Crippen LogP) is 7.62. The lowest BCUT2D eigenvalue weighted by atomic mass is 9.70. The van der Waals surface area contributed by atoms with Gasteiger partial charge in [0.2, 0.25) is 0 Å². The maximum Gasteiger partial charge on any atom is 0.197 e. The maximum atomic E-state index is 5.96. The largest absolute Gasteiger partial charge is 0.465 e. The summed E-state index contributed by atoms with van der Waals surface area (Å²) in [7, 11) is 0. The van der Waals surface area contributed by atoms with Gasteiger partial charge in [-0.2, -0.15) is 0 Å². The van der Waals surface area contributed by atoms with Crippen molar-refractivity contribution in [1.29, 1.82) is 0 Å². The van der Waals surface area contributed by atoms with Crippen LogP contribution in [0.15, 0.2) is 47.4 Å². The van der Waals surface area contributed by atoms with Crippen molar-refractivity contribution in [3.05, 3.63) is 59.2 Å². The van der Waals surface area contributed by atoms with Crippen LogP contribution in [0, 0.1) is 25.2 Å². The SMILES string of the molecule is Cc1ccc(SCCOC(C)Oc2ccc(C(C(C)C)C(C)(C)C)cc2)c(C)c1. The second-order valence-electron chi connectivity index (χ2n) is 9.33. The molecule has 0 aliphatic heterocycles. The molecule has 160 valence electrons. The van der Waals surface area contributed by atoms with Crippen LogP contribution in [0.4, 0.5) is 0 Å². The maximum absolute atomic E-state index is 5.96. The Morgan fingerprint density at radius 3 is 2.14 bits per heavy atom. The van der Waals surface area contributed by atoms with E-state index in [4.69, 9.17) is 9.47 Å². The average Bonchev–Trinajstić information content (AvgIpc) is 2.60. The van der Waals surface area contributed by atoms with E-state index < -0.39 is 0 Å². The molecule has 2 aromatic rings. The molecule has 0 saturated carbocycles. The Morgan fingerprint density at radius 2 is 1.59 bits per heavy atom. The van der Waals surface area contributed by atoms with Crippen molar-refractivity contribution in [3.8, 4) is 5.75 Å². The summed E-state index contributed by atoms with van der Waals surface area (Å²) in [6, 6.07) is 15.1. The van der Waals surface area contributed by atoms with Crippen LogP contribution in [0.2, 0.25) is 0 Å². The van der Waals surface area contributed by atoms with E-state index >= 15 is 0 Å². The highest BCUT2D eigenvalue weighted by Gasteiger charge is 2.28. The van der Waals surface area contributed by atoms with Gasteiger partial charge < -0.3 is 9.47 Å². The summed E-state index contributed by atoms with van der Waals surface area (Å²) in [5.74, 6) is 2.89. The number of benzene rings is 2. The Morgan fingerprint density at radius 1 is 0.931 bits per heavy atom. The molecule has 0 aliphatic carbocycles. The Hall–Kier alpha value is -1.45. The first-order chi connectivity index (χ1) is 13.6. The zero-order chi connectivity index (χ0) is 21.6. The molecule has 0 saturated heterocycles. The number of aryl methyl sites for hydroxylation is 2. The van der Waals surface area contributed by atoms with Gasteiger partial charge in [-0.1, -0.05) is 64.4 Å². The van der Waals surface area contributed by atoms with E-state index in [0.29, 0.717) is 18.4 Å². The molecule has 2 rings (SSSR count). The van der Waals surface area contributed by atoms with E-state index in [-0.39, 0.29) is 11.7 Å². The quantitative estimate of drug-likeness (QED) is 0.239. The van der Waals surface area contributed by atoms with Crippen LogP contribution >= 0.6 is 11.8 Å². The second-order valence-corrected chi connectivity index (χ2v) is 10.5. The lowest BCUT2D eigenvalue weighted by molar-refractivity contribution is -0.0602. The standard InChI is InChI=1S/C26H38O2S/c1-18(2)25(26(6,7)8)22-10-12-23(13-11-22)28-21(5)27-15-16-29-24-14-9-19(3)17-20(24)4/h9-14,17-18,21,25H,15-16H2,1-8H3. The van der Waals surface area contributed by atoms with Crippen LogP contribution < -0.4 is 4.74 Å². The zero-order valence-electron chi connectivity index (χ0n) is 19.4. The van der Waals surface area contributed by atoms with Crippen LogP contribution in [-0.2, 0) is 4.74 Å². The number of rotatable bonds is 9. The average molecular weight is 415 g/mol. The number of thioether (sulfide) groups is 1. The molecule has 0 radical (unpaired) electrons. The lowest BCUT2D eigenvalue weighted by Crippen LogP contribution is -2.23. The van der Waals surface area contributed by atoms with Crippen molar-refractivity contribution in [2.45, 2.75) is 72.5 Å². The molecular formula is C26H38O2S. The molecule has 2 nitrogen and oxygen atoms in total. The molecule has 0 aromatic heterocycles. The van der Waals surface area contributed by atoms with Crippen LogP contribution in [0.3, 0.4) is 0 Å². The van der Waals surface area contributed by atoms with Gasteiger partial charge in [0, 0.05) is 10.6 Å². The highest BCUT2D eigenvalue weighted by atomic mass is 32.2. The Balaban J connectivity index is 1.82. The van der Waals surface area contributed by atoms with E-state index in [2.05, 4.69) is 90.9 Å². The molecule has 0 N–H and O–H groups in total. The summed E-state index contributed by atoms with van der Waals surface area (Å²) < 4.78 is 11.8. The molecule has 0 bridgehead atoms. The Bertz CT molecular complexity index is 759. The molecule has 2 aromatic carbocycles. The van der Waals surface area contributed by atoms with E-state index in [0.717, 1.165) is 11.5 Å². The molecule has 0 fully saturated rings. The normalized spacial score (nSPS) is 14.1. The first kappa shape index (κ1) is 23.8. The summed E-state index contributed by atoms with van der Waals surface area (Å²) in [6.45, 7) is 18.4. The van der Waals surface area contributed by atoms with E-state index in [1.54, 1.807) is 0 Å². The van der Waals surface area contributed by atoms with Crippen molar-refractivity contribution in [3.63, 3.8) is 0 Å². The van der Waals surface area contributed by atoms with Crippen molar-refractivity contribution in [2.75, 3.05) is 12.4 Å². The third-order valence-corrected chi connectivity index (χ3v) is 6.30. The fourth-order valence-electron chi connectivity index (χ4n) is 4.19. The van der Waals surface area contributed by atoms with Gasteiger partial charge in [0.15, 0.2) is 6.29 Å². The molecule has 0 aliphatic rings. The van der Waals surface area contributed by atoms with Gasteiger partial charge in [0.1, 0.15) is 5.75 Å². The first-order valence-electron chi connectivity index (χ1n) is 10.7. The van der Waals surface area contributed by atoms with E-state index in [9.17, 15) is 0 Å². The monoisotopic (exact) mass is 414 g/mol. The molecule has 2 unspecified atom stereocenters. The Labute approximate surface area is 182 Å². The van der Waals surface area contributed by atoms with Crippen molar-refractivity contribution in [2.24, 2.45) is 11.3 Å². The van der Waals surface area contributed by atoms with Gasteiger partial charge in [0.05, 0.1) is 6.61 Å². The summed E-state index contributed by atoms with van der Waals surface area (Å²) >= 11 is 1.83. The zero-order valence-corrected chi connectivity index (χ0v) is 20.2. The minimum Gasteiger partial charge on any atom is -0.465 e. The minimum absolute atomic E-state index is 0.237. The molecule has 0 heterocycles. The summed E-state index contributed by atoms with van der Waals surface area (Å²) in [4.78, 5) is 1.32. The summed E-state index contributed by atoms with van der Waals surface area (Å²) in [5.41, 5.74) is 4.24. The van der Waals surface area contributed by atoms with Gasteiger partial charge in [-0.05, 0) is 67.3 Å². The third kappa shape index (κ3) is 7.38. The van der Waals surface area contributed by atoms with Gasteiger partial charge in [-0.15, -0.1) is 11.8 Å². The topological polar surface area (TPSA) is 18.5 Å². The number of hydrogen-bond donors (Lipinski definition) is 0. The van der Waals surface area contributed by atoms with Gasteiger partial charge in [-0.3, -0.25) is 0 Å². The minimum atomic E-state index is -0.260. The van der Waals surface area contributed by atoms with Crippen LogP contribution in [0.25, 0.3) is 0 Å². The molecule has 2 atom stereocenters. The van der Waals surface area contributed by atoms with Crippen LogP contribution in [0.5, 0.6) is 5.75 Å². The van der Waals surface area contributed by atoms with E-state index in [1.807, 2.05) is 18.7 Å². The molecular weight excluding hydrogens is 376 g/mol. The fourth-order valence-corrected chi connectivity index (χ4v) is 5.04. The fraction of sp³-hybridized carbons (Fsp3) is 0.538. The summed E-state index contributed by atoms with van der Waals surface area (Å²) in [6.07, 6.45) is -0.260. The number of hydrogen-bond acceptors (Lipinski definition) is 3. The van der Waals surface area contributed by atoms with Crippen molar-refractivity contribution < 1.29 is 9.47 Å². The summed E-state index contributed by atoms with van der Waals surface area (Å²) in [5, 5.41) is 0. The predicted molar refractivity (Wildman–Crippen MR) is 126 cm³/mol. The molecule has 0 amide bonds. The lowest BCUT2D eigenvalue weighted by Gasteiger charge is -2.34. The molecule has 29 heavy (non-hydrogen) atoms. The second kappa shape index (κ2) is 10.5. The smallest absolute Gasteiger partial charge is 0.197 e. The van der Waals surface area contributed by atoms with Gasteiger partial charge in [-0.25, -0.2) is 0 Å².